The summed E-state index contributed by atoms with van der Waals surface area (Å²) in [4.78, 5) is 2.23. The first kappa shape index (κ1) is 14.6. The fourth-order valence-electron chi connectivity index (χ4n) is 2.53. The molecule has 0 aromatic heterocycles. The fourth-order valence-corrected chi connectivity index (χ4v) is 2.85. The number of ether oxygens (including phenoxy) is 1. The Morgan fingerprint density at radius 2 is 2.32 bits per heavy atom. The summed E-state index contributed by atoms with van der Waals surface area (Å²) in [7, 11) is 2.09. The highest BCUT2D eigenvalue weighted by Gasteiger charge is 2.22. The van der Waals surface area contributed by atoms with Crippen LogP contribution in [0.4, 0.5) is 5.69 Å². The van der Waals surface area contributed by atoms with Gasteiger partial charge in [0.15, 0.2) is 0 Å². The minimum atomic E-state index is 0.330. The number of likely N-dealkylation sites (N-methyl/N-ethyl adjacent to an activating group) is 1. The van der Waals surface area contributed by atoms with Gasteiger partial charge < -0.3 is 15.0 Å². The van der Waals surface area contributed by atoms with E-state index in [1.807, 2.05) is 0 Å². The standard InChI is InChI=1S/C15H23ClN2O/c1-4-17-11(2)12-5-6-15(14(16)9-12)18(3)13-7-8-19-10-13/h5-6,9,11,13,17H,4,7-8,10H2,1-3H3. The van der Waals surface area contributed by atoms with Crippen molar-refractivity contribution in [3.05, 3.63) is 28.8 Å². The van der Waals surface area contributed by atoms with Crippen molar-refractivity contribution in [3.8, 4) is 0 Å². The third kappa shape index (κ3) is 3.41. The Bertz CT molecular complexity index is 419. The van der Waals surface area contributed by atoms with Crippen LogP contribution in [0.5, 0.6) is 0 Å². The molecule has 1 aliphatic rings. The van der Waals surface area contributed by atoms with Crippen LogP contribution in [-0.2, 0) is 4.74 Å². The molecule has 1 aromatic carbocycles. The lowest BCUT2D eigenvalue weighted by Crippen LogP contribution is -2.32. The van der Waals surface area contributed by atoms with Crippen molar-refractivity contribution in [2.45, 2.75) is 32.4 Å². The zero-order valence-corrected chi connectivity index (χ0v) is 12.7. The van der Waals surface area contributed by atoms with Gasteiger partial charge in [0.2, 0.25) is 0 Å². The van der Waals surface area contributed by atoms with Crippen molar-refractivity contribution < 1.29 is 4.74 Å². The summed E-state index contributed by atoms with van der Waals surface area (Å²) in [6.45, 7) is 6.87. The number of nitrogens with zero attached hydrogens (tertiary/aromatic N) is 1. The first-order chi connectivity index (χ1) is 9.13. The SMILES string of the molecule is CCNC(C)c1ccc(N(C)C2CCOC2)c(Cl)c1. The largest absolute Gasteiger partial charge is 0.379 e. The number of rotatable bonds is 5. The number of halogens is 1. The van der Waals surface area contributed by atoms with Crippen molar-refractivity contribution in [3.63, 3.8) is 0 Å². The molecule has 1 aromatic rings. The second kappa shape index (κ2) is 6.60. The lowest BCUT2D eigenvalue weighted by molar-refractivity contribution is 0.193. The summed E-state index contributed by atoms with van der Waals surface area (Å²) in [5.74, 6) is 0. The van der Waals surface area contributed by atoms with Crippen molar-refractivity contribution in [1.82, 2.24) is 5.32 Å². The number of anilines is 1. The maximum Gasteiger partial charge on any atom is 0.0670 e. The van der Waals surface area contributed by atoms with Gasteiger partial charge in [0, 0.05) is 19.7 Å². The molecule has 2 rings (SSSR count). The summed E-state index contributed by atoms with van der Waals surface area (Å²) in [6, 6.07) is 7.10. The predicted molar refractivity (Wildman–Crippen MR) is 81.2 cm³/mol. The van der Waals surface area contributed by atoms with Gasteiger partial charge in [0.1, 0.15) is 0 Å². The average molecular weight is 283 g/mol. The van der Waals surface area contributed by atoms with Crippen molar-refractivity contribution in [2.75, 3.05) is 31.7 Å². The van der Waals surface area contributed by atoms with Crippen molar-refractivity contribution in [2.24, 2.45) is 0 Å². The number of benzene rings is 1. The Balaban J connectivity index is 2.14. The molecule has 1 saturated heterocycles. The monoisotopic (exact) mass is 282 g/mol. The average Bonchev–Trinajstić information content (AvgIpc) is 2.92. The number of hydrogen-bond acceptors (Lipinski definition) is 3. The number of nitrogens with one attached hydrogen (secondary N) is 1. The minimum Gasteiger partial charge on any atom is -0.379 e. The lowest BCUT2D eigenvalue weighted by Gasteiger charge is -2.27. The van der Waals surface area contributed by atoms with Gasteiger partial charge in [-0.05, 0) is 37.6 Å². The molecule has 19 heavy (non-hydrogen) atoms. The molecule has 1 aliphatic heterocycles. The van der Waals surface area contributed by atoms with E-state index in [0.29, 0.717) is 12.1 Å². The Hall–Kier alpha value is -0.770. The molecule has 3 nitrogen and oxygen atoms in total. The zero-order valence-electron chi connectivity index (χ0n) is 11.9. The highest BCUT2D eigenvalue weighted by Crippen LogP contribution is 2.30. The zero-order chi connectivity index (χ0) is 13.8. The van der Waals surface area contributed by atoms with E-state index < -0.39 is 0 Å². The molecule has 4 heteroatoms. The van der Waals surface area contributed by atoms with Crippen LogP contribution in [0.15, 0.2) is 18.2 Å². The second-order valence-corrected chi connectivity index (χ2v) is 5.53. The molecule has 0 radical (unpaired) electrons. The normalized spacial score (nSPS) is 20.5. The highest BCUT2D eigenvalue weighted by atomic mass is 35.5. The Morgan fingerprint density at radius 1 is 1.53 bits per heavy atom. The van der Waals surface area contributed by atoms with E-state index >= 15 is 0 Å². The van der Waals surface area contributed by atoms with Gasteiger partial charge in [-0.2, -0.15) is 0 Å². The molecule has 0 aliphatic carbocycles. The van der Waals surface area contributed by atoms with Crippen LogP contribution in [0, 0.1) is 0 Å². The molecule has 1 N–H and O–H groups in total. The van der Waals surface area contributed by atoms with Crippen LogP contribution in [0.2, 0.25) is 5.02 Å². The molecule has 1 fully saturated rings. The molecule has 0 spiro atoms. The number of hydrogen-bond donors (Lipinski definition) is 1. The van der Waals surface area contributed by atoms with E-state index in [0.717, 1.165) is 36.9 Å². The van der Waals surface area contributed by atoms with Gasteiger partial charge >= 0.3 is 0 Å². The van der Waals surface area contributed by atoms with E-state index in [1.165, 1.54) is 5.56 Å². The molecule has 2 atom stereocenters. The highest BCUT2D eigenvalue weighted by molar-refractivity contribution is 6.33. The minimum absolute atomic E-state index is 0.330. The van der Waals surface area contributed by atoms with Gasteiger partial charge in [-0.1, -0.05) is 24.6 Å². The van der Waals surface area contributed by atoms with E-state index in [4.69, 9.17) is 16.3 Å². The summed E-state index contributed by atoms with van der Waals surface area (Å²) >= 11 is 6.44. The Kier molecular flexibility index (Phi) is 5.08. The quantitative estimate of drug-likeness (QED) is 0.897. The van der Waals surface area contributed by atoms with Crippen LogP contribution in [0.3, 0.4) is 0 Å². The Labute approximate surface area is 120 Å². The molecule has 2 unspecified atom stereocenters. The first-order valence-corrected chi connectivity index (χ1v) is 7.34. The van der Waals surface area contributed by atoms with E-state index in [2.05, 4.69) is 49.3 Å². The van der Waals surface area contributed by atoms with Gasteiger partial charge in [0.05, 0.1) is 23.4 Å². The van der Waals surface area contributed by atoms with E-state index in [9.17, 15) is 0 Å². The van der Waals surface area contributed by atoms with Crippen LogP contribution in [0.1, 0.15) is 31.9 Å². The third-order valence-corrected chi connectivity index (χ3v) is 4.12. The van der Waals surface area contributed by atoms with Crippen LogP contribution in [0.25, 0.3) is 0 Å². The molecular formula is C15H23ClN2O. The second-order valence-electron chi connectivity index (χ2n) is 5.12. The molecule has 1 heterocycles. The van der Waals surface area contributed by atoms with Gasteiger partial charge in [-0.3, -0.25) is 0 Å². The maximum absolute atomic E-state index is 6.44. The topological polar surface area (TPSA) is 24.5 Å². The van der Waals surface area contributed by atoms with Gasteiger partial charge in [-0.15, -0.1) is 0 Å². The molecule has 106 valence electrons. The van der Waals surface area contributed by atoms with E-state index in [-0.39, 0.29) is 0 Å². The fraction of sp³-hybridized carbons (Fsp3) is 0.600. The third-order valence-electron chi connectivity index (χ3n) is 3.82. The summed E-state index contributed by atoms with van der Waals surface area (Å²) in [6.07, 6.45) is 1.07. The Morgan fingerprint density at radius 3 is 2.89 bits per heavy atom. The van der Waals surface area contributed by atoms with Crippen molar-refractivity contribution in [1.29, 1.82) is 0 Å². The van der Waals surface area contributed by atoms with Crippen molar-refractivity contribution >= 4 is 17.3 Å². The maximum atomic E-state index is 6.44. The van der Waals surface area contributed by atoms with Crippen LogP contribution in [-0.4, -0.2) is 32.8 Å². The molecule has 0 saturated carbocycles. The molecule has 0 bridgehead atoms. The van der Waals surface area contributed by atoms with Gasteiger partial charge in [0.25, 0.3) is 0 Å². The first-order valence-electron chi connectivity index (χ1n) is 6.97. The summed E-state index contributed by atoms with van der Waals surface area (Å²) < 4.78 is 5.44. The lowest BCUT2D eigenvalue weighted by atomic mass is 10.1. The van der Waals surface area contributed by atoms with Crippen LogP contribution < -0.4 is 10.2 Å². The molecular weight excluding hydrogens is 260 g/mol. The van der Waals surface area contributed by atoms with E-state index in [1.54, 1.807) is 0 Å². The smallest absolute Gasteiger partial charge is 0.0670 e. The van der Waals surface area contributed by atoms with Crippen LogP contribution >= 0.6 is 11.6 Å². The summed E-state index contributed by atoms with van der Waals surface area (Å²) in [5, 5.41) is 4.22. The summed E-state index contributed by atoms with van der Waals surface area (Å²) in [5.41, 5.74) is 2.32. The molecule has 0 amide bonds. The van der Waals surface area contributed by atoms with Gasteiger partial charge in [-0.25, -0.2) is 0 Å². The predicted octanol–water partition coefficient (Wildman–Crippen LogP) is 3.24.